The summed E-state index contributed by atoms with van der Waals surface area (Å²) in [6.07, 6.45) is 2.58. The van der Waals surface area contributed by atoms with Gasteiger partial charge in [-0.2, -0.15) is 0 Å². The second kappa shape index (κ2) is 17.8. The minimum Gasteiger partial charge on any atom is -0.497 e. The monoisotopic (exact) mass is 645 g/mol. The van der Waals surface area contributed by atoms with Crippen LogP contribution in [0.25, 0.3) is 0 Å². The van der Waals surface area contributed by atoms with Gasteiger partial charge in [-0.25, -0.2) is 0 Å². The largest absolute Gasteiger partial charge is 0.497 e. The summed E-state index contributed by atoms with van der Waals surface area (Å²) in [5.41, 5.74) is 2.94. The predicted octanol–water partition coefficient (Wildman–Crippen LogP) is 5.80. The SMILES string of the molecule is COc1ccc(CN(C)C[C@@H]2OCCCC[C@@H](C)Oc3ccc(NC(=O)Cc4ccccc4)cc3C(=O)N([C@@H](C)CO)C[C@@H]2C)cc1. The van der Waals surface area contributed by atoms with Crippen molar-refractivity contribution in [2.24, 2.45) is 5.92 Å². The van der Waals surface area contributed by atoms with E-state index in [1.807, 2.05) is 56.3 Å². The number of likely N-dealkylation sites (N-methyl/N-ethyl adjacent to an activating group) is 1. The van der Waals surface area contributed by atoms with Gasteiger partial charge in [0.05, 0.1) is 44.0 Å². The van der Waals surface area contributed by atoms with Crippen molar-refractivity contribution in [3.05, 3.63) is 89.5 Å². The fraction of sp³-hybridized carbons (Fsp3) is 0.474. The lowest BCUT2D eigenvalue weighted by molar-refractivity contribution is -0.115. The highest BCUT2D eigenvalue weighted by Crippen LogP contribution is 2.29. The van der Waals surface area contributed by atoms with Gasteiger partial charge in [-0.1, -0.05) is 49.4 Å². The number of hydrogen-bond acceptors (Lipinski definition) is 7. The van der Waals surface area contributed by atoms with Crippen molar-refractivity contribution in [3.8, 4) is 11.5 Å². The third-order valence-corrected chi connectivity index (χ3v) is 8.65. The molecule has 2 amide bonds. The second-order valence-electron chi connectivity index (χ2n) is 12.8. The summed E-state index contributed by atoms with van der Waals surface area (Å²) in [6, 6.07) is 22.4. The number of anilines is 1. The van der Waals surface area contributed by atoms with E-state index in [0.717, 1.165) is 37.1 Å². The molecule has 2 N–H and O–H groups in total. The van der Waals surface area contributed by atoms with Gasteiger partial charge in [-0.3, -0.25) is 14.5 Å². The van der Waals surface area contributed by atoms with Crippen LogP contribution in [-0.4, -0.2) is 85.4 Å². The number of carbonyl (C=O) groups is 2. The number of nitrogens with zero attached hydrogens (tertiary/aromatic N) is 2. The number of benzene rings is 3. The first kappa shape index (κ1) is 35.9. The fourth-order valence-electron chi connectivity index (χ4n) is 5.86. The van der Waals surface area contributed by atoms with Crippen molar-refractivity contribution in [1.29, 1.82) is 0 Å². The number of aliphatic hydroxyl groups excluding tert-OH is 1. The second-order valence-corrected chi connectivity index (χ2v) is 12.8. The molecular formula is C38H51N3O6. The quantitative estimate of drug-likeness (QED) is 0.287. The van der Waals surface area contributed by atoms with Crippen LogP contribution < -0.4 is 14.8 Å². The van der Waals surface area contributed by atoms with E-state index in [2.05, 4.69) is 36.3 Å². The molecule has 0 radical (unpaired) electrons. The molecule has 3 aromatic rings. The standard InChI is InChI=1S/C38H51N3O6/c1-27-23-41(28(2)26-42)38(44)34-22-32(39-37(43)21-30-12-7-6-8-13-30)16-19-35(34)47-29(3)11-9-10-20-46-36(27)25-40(4)24-31-14-17-33(45-5)18-15-31/h6-8,12-19,22,27-29,36,42H,9-11,20-21,23-26H2,1-5H3,(H,39,43)/t27-,28-,29+,36-/m0/s1. The van der Waals surface area contributed by atoms with Crippen molar-refractivity contribution in [1.82, 2.24) is 9.80 Å². The van der Waals surface area contributed by atoms with Gasteiger partial charge in [0.25, 0.3) is 5.91 Å². The Balaban J connectivity index is 1.57. The van der Waals surface area contributed by atoms with Gasteiger partial charge in [-0.05, 0) is 81.6 Å². The molecule has 0 fully saturated rings. The van der Waals surface area contributed by atoms with Crippen molar-refractivity contribution in [2.75, 3.05) is 45.8 Å². The molecule has 1 aliphatic heterocycles. The van der Waals surface area contributed by atoms with Crippen LogP contribution in [-0.2, 0) is 22.5 Å². The summed E-state index contributed by atoms with van der Waals surface area (Å²) < 4.78 is 18.1. The first-order valence-corrected chi connectivity index (χ1v) is 16.7. The highest BCUT2D eigenvalue weighted by molar-refractivity contribution is 6.00. The Morgan fingerprint density at radius 3 is 2.51 bits per heavy atom. The molecule has 0 spiro atoms. The number of amides is 2. The van der Waals surface area contributed by atoms with Gasteiger partial charge in [0.15, 0.2) is 0 Å². The van der Waals surface area contributed by atoms with Gasteiger partial charge in [0.2, 0.25) is 5.91 Å². The van der Waals surface area contributed by atoms with E-state index in [-0.39, 0.29) is 43.0 Å². The molecule has 4 atom stereocenters. The van der Waals surface area contributed by atoms with Crippen LogP contribution in [0.1, 0.15) is 61.5 Å². The van der Waals surface area contributed by atoms with Crippen molar-refractivity contribution in [3.63, 3.8) is 0 Å². The van der Waals surface area contributed by atoms with Gasteiger partial charge in [0, 0.05) is 37.8 Å². The summed E-state index contributed by atoms with van der Waals surface area (Å²) >= 11 is 0. The van der Waals surface area contributed by atoms with Crippen LogP contribution in [0.2, 0.25) is 0 Å². The average molecular weight is 646 g/mol. The Labute approximate surface area is 279 Å². The zero-order valence-electron chi connectivity index (χ0n) is 28.5. The lowest BCUT2D eigenvalue weighted by atomic mass is 10.0. The van der Waals surface area contributed by atoms with E-state index in [1.165, 1.54) is 5.56 Å². The summed E-state index contributed by atoms with van der Waals surface area (Å²) in [6.45, 7) is 8.16. The fourth-order valence-corrected chi connectivity index (χ4v) is 5.86. The molecule has 3 aromatic carbocycles. The summed E-state index contributed by atoms with van der Waals surface area (Å²) in [4.78, 5) is 31.2. The zero-order chi connectivity index (χ0) is 33.8. The lowest BCUT2D eigenvalue weighted by Gasteiger charge is -2.36. The molecule has 254 valence electrons. The van der Waals surface area contributed by atoms with E-state index in [1.54, 1.807) is 30.2 Å². The van der Waals surface area contributed by atoms with Crippen LogP contribution >= 0.6 is 0 Å². The average Bonchev–Trinajstić information content (AvgIpc) is 3.06. The Morgan fingerprint density at radius 2 is 1.81 bits per heavy atom. The smallest absolute Gasteiger partial charge is 0.258 e. The molecule has 9 nitrogen and oxygen atoms in total. The maximum Gasteiger partial charge on any atom is 0.258 e. The number of aliphatic hydroxyl groups is 1. The van der Waals surface area contributed by atoms with Gasteiger partial charge < -0.3 is 29.5 Å². The number of nitrogens with one attached hydrogen (secondary N) is 1. The highest BCUT2D eigenvalue weighted by atomic mass is 16.5. The molecule has 9 heteroatoms. The topological polar surface area (TPSA) is 101 Å². The number of carbonyl (C=O) groups excluding carboxylic acids is 2. The van der Waals surface area contributed by atoms with Crippen LogP contribution in [0.5, 0.6) is 11.5 Å². The zero-order valence-corrected chi connectivity index (χ0v) is 28.5. The molecule has 47 heavy (non-hydrogen) atoms. The molecule has 0 aromatic heterocycles. The number of ether oxygens (including phenoxy) is 3. The van der Waals surface area contributed by atoms with Crippen molar-refractivity contribution >= 4 is 17.5 Å². The molecule has 0 aliphatic carbocycles. The molecule has 0 saturated carbocycles. The summed E-state index contributed by atoms with van der Waals surface area (Å²) in [7, 11) is 3.74. The number of hydrogen-bond donors (Lipinski definition) is 2. The molecular weight excluding hydrogens is 594 g/mol. The minimum absolute atomic E-state index is 0.0359. The van der Waals surface area contributed by atoms with Crippen LogP contribution in [0.15, 0.2) is 72.8 Å². The normalized spacial score (nSPS) is 20.1. The first-order chi connectivity index (χ1) is 22.7. The Hall–Kier alpha value is -3.92. The molecule has 0 unspecified atom stereocenters. The maximum atomic E-state index is 14.4. The molecule has 0 saturated heterocycles. The van der Waals surface area contributed by atoms with Crippen molar-refractivity contribution < 1.29 is 28.9 Å². The van der Waals surface area contributed by atoms with E-state index in [4.69, 9.17) is 14.2 Å². The van der Waals surface area contributed by atoms with Crippen LogP contribution in [0, 0.1) is 5.92 Å². The van der Waals surface area contributed by atoms with E-state index < -0.39 is 6.04 Å². The molecule has 0 bridgehead atoms. The van der Waals surface area contributed by atoms with Gasteiger partial charge in [-0.15, -0.1) is 0 Å². The molecule has 1 aliphatic rings. The van der Waals surface area contributed by atoms with Gasteiger partial charge in [0.1, 0.15) is 11.5 Å². The van der Waals surface area contributed by atoms with E-state index in [9.17, 15) is 14.7 Å². The van der Waals surface area contributed by atoms with Crippen LogP contribution in [0.4, 0.5) is 5.69 Å². The van der Waals surface area contributed by atoms with E-state index >= 15 is 0 Å². The first-order valence-electron chi connectivity index (χ1n) is 16.7. The van der Waals surface area contributed by atoms with E-state index in [0.29, 0.717) is 36.7 Å². The number of rotatable bonds is 10. The third-order valence-electron chi connectivity index (χ3n) is 8.65. The summed E-state index contributed by atoms with van der Waals surface area (Å²) in [5.74, 6) is 0.820. The summed E-state index contributed by atoms with van der Waals surface area (Å²) in [5, 5.41) is 13.2. The number of methoxy groups -OCH3 is 1. The Kier molecular flexibility index (Phi) is 13.6. The maximum absolute atomic E-state index is 14.4. The minimum atomic E-state index is -0.447. The Bertz CT molecular complexity index is 1420. The Morgan fingerprint density at radius 1 is 1.06 bits per heavy atom. The third kappa shape index (κ3) is 10.8. The van der Waals surface area contributed by atoms with Gasteiger partial charge >= 0.3 is 0 Å². The lowest BCUT2D eigenvalue weighted by Crippen LogP contribution is -2.47. The molecule has 1 heterocycles. The highest BCUT2D eigenvalue weighted by Gasteiger charge is 2.30. The van der Waals surface area contributed by atoms with Crippen LogP contribution in [0.3, 0.4) is 0 Å². The predicted molar refractivity (Wildman–Crippen MR) is 185 cm³/mol. The van der Waals surface area contributed by atoms with Crippen molar-refractivity contribution in [2.45, 2.75) is 71.2 Å². The number of fused-ring (bicyclic) bond motifs is 1. The molecule has 4 rings (SSSR count).